The molecule has 0 bridgehead atoms. The van der Waals surface area contributed by atoms with Crippen molar-refractivity contribution >= 4 is 11.9 Å². The Morgan fingerprint density at radius 2 is 2.26 bits per heavy atom. The Labute approximate surface area is 113 Å². The summed E-state index contributed by atoms with van der Waals surface area (Å²) in [5.74, 6) is -2.08. The number of ether oxygens (including phenoxy) is 1. The lowest BCUT2D eigenvalue weighted by Gasteiger charge is -2.14. The first-order valence-electron chi connectivity index (χ1n) is 6.64. The topological polar surface area (TPSA) is 75.6 Å². The zero-order chi connectivity index (χ0) is 14.3. The van der Waals surface area contributed by atoms with Crippen LogP contribution < -0.4 is 5.32 Å². The van der Waals surface area contributed by atoms with Gasteiger partial charge in [-0.05, 0) is 39.0 Å². The van der Waals surface area contributed by atoms with Gasteiger partial charge < -0.3 is 15.2 Å². The molecule has 1 aliphatic carbocycles. The molecule has 1 atom stereocenters. The van der Waals surface area contributed by atoms with Crippen LogP contribution in [0.3, 0.4) is 0 Å². The summed E-state index contributed by atoms with van der Waals surface area (Å²) in [6, 6.07) is 0. The van der Waals surface area contributed by atoms with Gasteiger partial charge in [0, 0.05) is 11.9 Å². The standard InChI is InChI=1S/C14H21NO4/c1-3-10(2)19-14(18)12(13(16)17)9-15-11-7-5-4-6-8-11/h7,9-10,15H,3-6,8H2,1-2H3,(H,16,17). The fraction of sp³-hybridized carbons (Fsp3) is 0.571. The number of carboxylic acid groups (broad SMARTS) is 1. The Morgan fingerprint density at radius 1 is 1.53 bits per heavy atom. The van der Waals surface area contributed by atoms with Crippen molar-refractivity contribution in [2.75, 3.05) is 0 Å². The first kappa shape index (κ1) is 15.3. The monoisotopic (exact) mass is 267 g/mol. The third-order valence-corrected chi connectivity index (χ3v) is 3.03. The molecule has 0 aromatic rings. The molecule has 0 saturated carbocycles. The number of rotatable bonds is 6. The van der Waals surface area contributed by atoms with Crippen molar-refractivity contribution in [2.24, 2.45) is 0 Å². The molecule has 0 amide bonds. The molecule has 0 aliphatic heterocycles. The second-order valence-electron chi connectivity index (χ2n) is 4.61. The van der Waals surface area contributed by atoms with E-state index in [4.69, 9.17) is 9.84 Å². The van der Waals surface area contributed by atoms with Gasteiger partial charge in [0.15, 0.2) is 5.57 Å². The fourth-order valence-electron chi connectivity index (χ4n) is 1.67. The van der Waals surface area contributed by atoms with Gasteiger partial charge in [0.1, 0.15) is 0 Å². The van der Waals surface area contributed by atoms with Crippen molar-refractivity contribution < 1.29 is 19.4 Å². The first-order valence-corrected chi connectivity index (χ1v) is 6.64. The Morgan fingerprint density at radius 3 is 2.79 bits per heavy atom. The average molecular weight is 267 g/mol. The number of carboxylic acids is 1. The molecule has 0 aromatic heterocycles. The molecule has 19 heavy (non-hydrogen) atoms. The maximum atomic E-state index is 11.7. The van der Waals surface area contributed by atoms with E-state index in [1.54, 1.807) is 6.92 Å². The van der Waals surface area contributed by atoms with Gasteiger partial charge in [-0.3, -0.25) is 0 Å². The van der Waals surface area contributed by atoms with Crippen molar-refractivity contribution in [3.63, 3.8) is 0 Å². The molecule has 0 saturated heterocycles. The summed E-state index contributed by atoms with van der Waals surface area (Å²) >= 11 is 0. The zero-order valence-electron chi connectivity index (χ0n) is 11.4. The summed E-state index contributed by atoms with van der Waals surface area (Å²) < 4.78 is 5.02. The second-order valence-corrected chi connectivity index (χ2v) is 4.61. The van der Waals surface area contributed by atoms with Gasteiger partial charge in [-0.1, -0.05) is 13.0 Å². The van der Waals surface area contributed by atoms with Gasteiger partial charge in [-0.15, -0.1) is 0 Å². The quantitative estimate of drug-likeness (QED) is 0.334. The van der Waals surface area contributed by atoms with Crippen LogP contribution in [0, 0.1) is 0 Å². The first-order chi connectivity index (χ1) is 9.04. The number of carbonyl (C=O) groups excluding carboxylic acids is 1. The number of carbonyl (C=O) groups is 2. The summed E-state index contributed by atoms with van der Waals surface area (Å²) in [5.41, 5.74) is 0.591. The molecule has 5 nitrogen and oxygen atoms in total. The minimum atomic E-state index is -1.28. The highest BCUT2D eigenvalue weighted by atomic mass is 16.5. The number of hydrogen-bond acceptors (Lipinski definition) is 4. The van der Waals surface area contributed by atoms with Gasteiger partial charge in [0.05, 0.1) is 6.10 Å². The van der Waals surface area contributed by atoms with Crippen LogP contribution in [0.4, 0.5) is 0 Å². The Hall–Kier alpha value is -1.78. The minimum absolute atomic E-state index is 0.288. The normalized spacial score (nSPS) is 17.4. The maximum absolute atomic E-state index is 11.7. The van der Waals surface area contributed by atoms with E-state index in [-0.39, 0.29) is 11.7 Å². The lowest BCUT2D eigenvalue weighted by Crippen LogP contribution is -2.22. The average Bonchev–Trinajstić information content (AvgIpc) is 2.39. The summed E-state index contributed by atoms with van der Waals surface area (Å²) in [5, 5.41) is 11.9. The van der Waals surface area contributed by atoms with Crippen LogP contribution in [0.1, 0.15) is 46.0 Å². The highest BCUT2D eigenvalue weighted by Crippen LogP contribution is 2.15. The van der Waals surface area contributed by atoms with Crippen LogP contribution in [-0.4, -0.2) is 23.1 Å². The molecule has 0 aromatic carbocycles. The third-order valence-electron chi connectivity index (χ3n) is 3.03. The molecule has 1 unspecified atom stereocenters. The van der Waals surface area contributed by atoms with Crippen molar-refractivity contribution in [1.82, 2.24) is 5.32 Å². The lowest BCUT2D eigenvalue weighted by atomic mass is 10.1. The lowest BCUT2D eigenvalue weighted by molar-refractivity contribution is -0.147. The van der Waals surface area contributed by atoms with Crippen LogP contribution in [0.2, 0.25) is 0 Å². The van der Waals surface area contributed by atoms with E-state index >= 15 is 0 Å². The van der Waals surface area contributed by atoms with E-state index in [1.165, 1.54) is 6.20 Å². The molecule has 0 radical (unpaired) electrons. The number of aliphatic carboxylic acids is 1. The van der Waals surface area contributed by atoms with Gasteiger partial charge in [-0.2, -0.15) is 0 Å². The van der Waals surface area contributed by atoms with E-state index in [2.05, 4.69) is 5.32 Å². The molecular weight excluding hydrogens is 246 g/mol. The van der Waals surface area contributed by atoms with Gasteiger partial charge in [0.2, 0.25) is 0 Å². The van der Waals surface area contributed by atoms with E-state index < -0.39 is 11.9 Å². The molecule has 106 valence electrons. The summed E-state index contributed by atoms with van der Waals surface area (Å²) in [6.45, 7) is 3.60. The molecule has 0 spiro atoms. The smallest absolute Gasteiger partial charge is 0.347 e. The molecule has 1 aliphatic rings. The van der Waals surface area contributed by atoms with E-state index in [0.717, 1.165) is 31.4 Å². The summed E-state index contributed by atoms with van der Waals surface area (Å²) in [7, 11) is 0. The van der Waals surface area contributed by atoms with Crippen molar-refractivity contribution in [2.45, 2.75) is 52.1 Å². The van der Waals surface area contributed by atoms with Gasteiger partial charge in [-0.25, -0.2) is 9.59 Å². The Bertz CT molecular complexity index is 398. The van der Waals surface area contributed by atoms with Crippen molar-refractivity contribution in [3.8, 4) is 0 Å². The molecule has 5 heteroatoms. The molecule has 2 N–H and O–H groups in total. The predicted octanol–water partition coefficient (Wildman–Crippen LogP) is 2.34. The number of nitrogens with one attached hydrogen (secondary N) is 1. The largest absolute Gasteiger partial charge is 0.477 e. The van der Waals surface area contributed by atoms with E-state index in [1.807, 2.05) is 13.0 Å². The zero-order valence-corrected chi connectivity index (χ0v) is 11.4. The maximum Gasteiger partial charge on any atom is 0.347 e. The molecule has 0 heterocycles. The summed E-state index contributed by atoms with van der Waals surface area (Å²) in [6.07, 6.45) is 7.70. The Balaban J connectivity index is 2.68. The highest BCUT2D eigenvalue weighted by molar-refractivity contribution is 6.13. The number of esters is 1. The van der Waals surface area contributed by atoms with Crippen LogP contribution in [0.25, 0.3) is 0 Å². The SMILES string of the molecule is CCC(C)OC(=O)C(=CNC1=CCCCC1)C(=O)O. The van der Waals surface area contributed by atoms with Crippen LogP contribution in [0.15, 0.2) is 23.5 Å². The van der Waals surface area contributed by atoms with E-state index in [0.29, 0.717) is 6.42 Å². The van der Waals surface area contributed by atoms with Crippen LogP contribution in [0.5, 0.6) is 0 Å². The fourth-order valence-corrected chi connectivity index (χ4v) is 1.67. The van der Waals surface area contributed by atoms with Crippen molar-refractivity contribution in [1.29, 1.82) is 0 Å². The third kappa shape index (κ3) is 5.16. The van der Waals surface area contributed by atoms with Crippen LogP contribution >= 0.6 is 0 Å². The van der Waals surface area contributed by atoms with Crippen LogP contribution in [-0.2, 0) is 14.3 Å². The Kier molecular flexibility index (Phi) is 6.12. The molecular formula is C14H21NO4. The predicted molar refractivity (Wildman–Crippen MR) is 71.3 cm³/mol. The van der Waals surface area contributed by atoms with Gasteiger partial charge >= 0.3 is 11.9 Å². The van der Waals surface area contributed by atoms with Crippen molar-refractivity contribution in [3.05, 3.63) is 23.5 Å². The van der Waals surface area contributed by atoms with Gasteiger partial charge in [0.25, 0.3) is 0 Å². The number of hydrogen-bond donors (Lipinski definition) is 2. The molecule has 1 rings (SSSR count). The van der Waals surface area contributed by atoms with E-state index in [9.17, 15) is 9.59 Å². The highest BCUT2D eigenvalue weighted by Gasteiger charge is 2.21. The minimum Gasteiger partial charge on any atom is -0.477 e. The summed E-state index contributed by atoms with van der Waals surface area (Å²) in [4.78, 5) is 22.8. The number of allylic oxidation sites excluding steroid dienone is 2. The molecule has 0 fully saturated rings. The second kappa shape index (κ2) is 7.61.